The van der Waals surface area contributed by atoms with Gasteiger partial charge >= 0.3 is 5.97 Å². The second-order valence-corrected chi connectivity index (χ2v) is 10.8. The fraction of sp³-hybridized carbons (Fsp3) is 0.133. The van der Waals surface area contributed by atoms with Gasteiger partial charge in [-0.25, -0.2) is 31.1 Å². The molecule has 0 fully saturated rings. The molecule has 0 unspecified atom stereocenters. The fourth-order valence-electron chi connectivity index (χ4n) is 3.93. The molecule has 0 aliphatic carbocycles. The van der Waals surface area contributed by atoms with Gasteiger partial charge in [0.05, 0.1) is 18.7 Å². The number of nitrogens with zero attached hydrogens (tertiary/aromatic N) is 2. The molecule has 1 amide bonds. The van der Waals surface area contributed by atoms with Gasteiger partial charge < -0.3 is 10.0 Å². The van der Waals surface area contributed by atoms with Crippen LogP contribution in [0.25, 0.3) is 0 Å². The van der Waals surface area contributed by atoms with Crippen molar-refractivity contribution in [2.24, 2.45) is 0 Å². The Labute approximate surface area is 247 Å². The lowest BCUT2D eigenvalue weighted by atomic mass is 10.1. The van der Waals surface area contributed by atoms with Crippen LogP contribution < -0.4 is 4.90 Å². The highest BCUT2D eigenvalue weighted by atomic mass is 35.5. The molecule has 42 heavy (non-hydrogen) atoms. The molecule has 0 aliphatic heterocycles. The zero-order valence-electron chi connectivity index (χ0n) is 21.9. The molecule has 4 rings (SSSR count). The number of carbonyl (C=O) groups is 2. The molecule has 218 valence electrons. The van der Waals surface area contributed by atoms with Gasteiger partial charge in [-0.3, -0.25) is 4.79 Å². The average molecular weight is 621 g/mol. The van der Waals surface area contributed by atoms with E-state index in [0.29, 0.717) is 16.3 Å². The molecule has 4 aromatic carbocycles. The number of carboxylic acids is 1. The van der Waals surface area contributed by atoms with Crippen LogP contribution in [0.1, 0.15) is 27.0 Å². The van der Waals surface area contributed by atoms with E-state index in [0.717, 1.165) is 15.4 Å². The lowest BCUT2D eigenvalue weighted by Gasteiger charge is -2.28. The molecule has 0 radical (unpaired) electrons. The number of carbonyl (C=O) groups excluding carboxylic acids is 1. The molecule has 4 aromatic rings. The molecular weight excluding hydrogens is 599 g/mol. The Hall–Kier alpha value is -3.93. The van der Waals surface area contributed by atoms with Gasteiger partial charge in [-0.05, 0) is 66.4 Å². The number of carboxylic acid groups (broad SMARTS) is 1. The topological polar surface area (TPSA) is 60.9 Å². The molecule has 0 aromatic heterocycles. The summed E-state index contributed by atoms with van der Waals surface area (Å²) in [5, 5.41) is 9.67. The van der Waals surface area contributed by atoms with E-state index in [2.05, 4.69) is 0 Å². The maximum atomic E-state index is 14.6. The molecule has 0 aliphatic rings. The summed E-state index contributed by atoms with van der Waals surface area (Å²) >= 11 is 6.16. The summed E-state index contributed by atoms with van der Waals surface area (Å²) < 4.78 is 72.0. The van der Waals surface area contributed by atoms with Gasteiger partial charge in [-0.15, -0.1) is 0 Å². The minimum absolute atomic E-state index is 0.00674. The number of benzene rings is 4. The maximum absolute atomic E-state index is 14.6. The van der Waals surface area contributed by atoms with E-state index >= 15 is 0 Å². The third-order valence-electron chi connectivity index (χ3n) is 6.16. The highest BCUT2D eigenvalue weighted by Gasteiger charge is 2.29. The summed E-state index contributed by atoms with van der Waals surface area (Å²) in [4.78, 5) is 25.3. The van der Waals surface area contributed by atoms with E-state index in [9.17, 15) is 36.6 Å². The zero-order valence-corrected chi connectivity index (χ0v) is 23.5. The number of anilines is 1. The van der Waals surface area contributed by atoms with Crippen LogP contribution in [-0.4, -0.2) is 27.8 Å². The van der Waals surface area contributed by atoms with Crippen LogP contribution in [0.15, 0.2) is 77.7 Å². The van der Waals surface area contributed by atoms with E-state index < -0.39 is 52.4 Å². The highest BCUT2D eigenvalue weighted by molar-refractivity contribution is 7.97. The first-order valence-corrected chi connectivity index (χ1v) is 13.5. The number of hydrogen-bond donors (Lipinski definition) is 1. The second-order valence-electron chi connectivity index (χ2n) is 9.23. The number of aryl methyl sites for hydroxylation is 1. The molecule has 12 heteroatoms. The maximum Gasteiger partial charge on any atom is 0.335 e. The average Bonchev–Trinajstić information content (AvgIpc) is 2.98. The summed E-state index contributed by atoms with van der Waals surface area (Å²) in [7, 11) is 0. The Morgan fingerprint density at radius 2 is 1.24 bits per heavy atom. The van der Waals surface area contributed by atoms with Crippen molar-refractivity contribution >= 4 is 41.1 Å². The number of aromatic carboxylic acids is 1. The third-order valence-corrected chi connectivity index (χ3v) is 7.47. The molecule has 0 atom stereocenters. The van der Waals surface area contributed by atoms with Crippen LogP contribution in [0.3, 0.4) is 0 Å². The Morgan fingerprint density at radius 3 is 1.79 bits per heavy atom. The largest absolute Gasteiger partial charge is 0.478 e. The van der Waals surface area contributed by atoms with Crippen LogP contribution in [0.2, 0.25) is 5.02 Å². The van der Waals surface area contributed by atoms with Crippen molar-refractivity contribution in [1.29, 1.82) is 0 Å². The Morgan fingerprint density at radius 1 is 0.738 bits per heavy atom. The van der Waals surface area contributed by atoms with Crippen molar-refractivity contribution in [2.75, 3.05) is 11.4 Å². The summed E-state index contributed by atoms with van der Waals surface area (Å²) in [6.07, 6.45) is 0. The van der Waals surface area contributed by atoms with Gasteiger partial charge in [0.1, 0.15) is 4.90 Å². The summed E-state index contributed by atoms with van der Waals surface area (Å²) in [6.45, 7) is 1.28. The predicted octanol–water partition coefficient (Wildman–Crippen LogP) is 7.78. The lowest BCUT2D eigenvalue weighted by Crippen LogP contribution is -2.38. The van der Waals surface area contributed by atoms with Crippen molar-refractivity contribution < 1.29 is 36.6 Å². The van der Waals surface area contributed by atoms with Crippen LogP contribution in [-0.2, 0) is 17.9 Å². The summed E-state index contributed by atoms with van der Waals surface area (Å²) in [5.74, 6) is -12.3. The quantitative estimate of drug-likeness (QED) is 0.0849. The molecule has 0 saturated carbocycles. The number of hydrogen-bond acceptors (Lipinski definition) is 4. The van der Waals surface area contributed by atoms with Gasteiger partial charge in [0, 0.05) is 17.3 Å². The van der Waals surface area contributed by atoms with Crippen LogP contribution in [0, 0.1) is 36.0 Å². The second kappa shape index (κ2) is 13.4. The Kier molecular flexibility index (Phi) is 9.87. The van der Waals surface area contributed by atoms with Gasteiger partial charge in [-0.2, -0.15) is 0 Å². The standard InChI is InChI=1S/C30H22ClF5N2O3S/c1-17-2-4-19(5-3-17)15-38(22-12-8-20(9-13-22)30(40)41)23(39)16-37(14-18-6-10-21(31)11-7-18)42-29-27(35)25(33)24(32)26(34)28(29)36/h2-13H,14-16H2,1H3,(H,40,41). The van der Waals surface area contributed by atoms with Gasteiger partial charge in [0.15, 0.2) is 23.3 Å². The van der Waals surface area contributed by atoms with E-state index in [-0.39, 0.29) is 30.6 Å². The van der Waals surface area contributed by atoms with Crippen molar-refractivity contribution in [3.63, 3.8) is 0 Å². The number of rotatable bonds is 10. The van der Waals surface area contributed by atoms with Gasteiger partial charge in [-0.1, -0.05) is 53.6 Å². The molecule has 0 heterocycles. The van der Waals surface area contributed by atoms with Crippen molar-refractivity contribution in [3.05, 3.63) is 129 Å². The predicted molar refractivity (Wildman–Crippen MR) is 150 cm³/mol. The van der Waals surface area contributed by atoms with Gasteiger partial charge in [0.2, 0.25) is 11.7 Å². The van der Waals surface area contributed by atoms with E-state index in [1.807, 2.05) is 19.1 Å². The van der Waals surface area contributed by atoms with E-state index in [1.54, 1.807) is 36.4 Å². The molecule has 0 saturated heterocycles. The fourth-order valence-corrected chi connectivity index (χ4v) is 5.04. The van der Waals surface area contributed by atoms with E-state index in [4.69, 9.17) is 11.6 Å². The van der Waals surface area contributed by atoms with Crippen molar-refractivity contribution in [1.82, 2.24) is 4.31 Å². The molecule has 1 N–H and O–H groups in total. The van der Waals surface area contributed by atoms with Crippen LogP contribution in [0.4, 0.5) is 27.6 Å². The highest BCUT2D eigenvalue weighted by Crippen LogP contribution is 2.34. The molecule has 0 bridgehead atoms. The third kappa shape index (κ3) is 7.28. The molecular formula is C30H22ClF5N2O3S. The SMILES string of the molecule is Cc1ccc(CN(C(=O)CN(Cc2ccc(Cl)cc2)Sc2c(F)c(F)c(F)c(F)c2F)c2ccc(C(=O)O)cc2)cc1. The van der Waals surface area contributed by atoms with Crippen LogP contribution >= 0.6 is 23.5 Å². The molecule has 5 nitrogen and oxygen atoms in total. The van der Waals surface area contributed by atoms with Crippen molar-refractivity contribution in [3.8, 4) is 0 Å². The van der Waals surface area contributed by atoms with Gasteiger partial charge in [0.25, 0.3) is 0 Å². The summed E-state index contributed by atoms with van der Waals surface area (Å²) in [6, 6.07) is 19.1. The minimum Gasteiger partial charge on any atom is -0.478 e. The Bertz CT molecular complexity index is 1570. The first-order valence-electron chi connectivity index (χ1n) is 12.3. The first-order chi connectivity index (χ1) is 19.9. The van der Waals surface area contributed by atoms with Crippen LogP contribution in [0.5, 0.6) is 0 Å². The van der Waals surface area contributed by atoms with E-state index in [1.165, 1.54) is 29.2 Å². The monoisotopic (exact) mass is 620 g/mol. The minimum atomic E-state index is -2.29. The number of halogens is 6. The zero-order chi connectivity index (χ0) is 30.6. The smallest absolute Gasteiger partial charge is 0.335 e. The number of amides is 1. The summed E-state index contributed by atoms with van der Waals surface area (Å²) in [5.41, 5.74) is 2.58. The molecule has 0 spiro atoms. The Balaban J connectivity index is 1.70. The van der Waals surface area contributed by atoms with Crippen molar-refractivity contribution in [2.45, 2.75) is 24.9 Å². The lowest BCUT2D eigenvalue weighted by molar-refractivity contribution is -0.118. The normalized spacial score (nSPS) is 11.1. The first kappa shape index (κ1) is 31.0.